The molecule has 0 saturated heterocycles. The first-order valence-electron chi connectivity index (χ1n) is 7.47. The zero-order valence-electron chi connectivity index (χ0n) is 13.4. The summed E-state index contributed by atoms with van der Waals surface area (Å²) in [6.07, 6.45) is 1.00. The Morgan fingerprint density at radius 1 is 1.39 bits per heavy atom. The van der Waals surface area contributed by atoms with Crippen molar-refractivity contribution in [2.75, 3.05) is 18.9 Å². The van der Waals surface area contributed by atoms with Gasteiger partial charge in [-0.3, -0.25) is 9.59 Å². The van der Waals surface area contributed by atoms with Crippen LogP contribution in [0.4, 0.5) is 5.00 Å². The molecule has 1 aromatic heterocycles. The normalized spacial score (nSPS) is 15.6. The molecule has 0 aliphatic carbocycles. The number of carbonyl (C=O) groups excluding carboxylic acids is 2. The number of carbonyl (C=O) groups is 3. The lowest BCUT2D eigenvalue weighted by Gasteiger charge is -2.22. The molecule has 23 heavy (non-hydrogen) atoms. The van der Waals surface area contributed by atoms with Gasteiger partial charge in [-0.1, -0.05) is 6.92 Å². The standard InChI is InChI=1S/C15H21N3O4S/c1-4-10(15(21)22)17-13(20)12-9-5-6-18(3)7-11(9)23-14(12)16-8(2)19/h10H,4-7H2,1-3H3,(H,16,19)(H,17,20)(H,21,22). The van der Waals surface area contributed by atoms with Crippen molar-refractivity contribution in [3.05, 3.63) is 16.0 Å². The third-order valence-corrected chi connectivity index (χ3v) is 4.91. The maximum atomic E-state index is 12.6. The molecule has 3 N–H and O–H groups in total. The fourth-order valence-corrected chi connectivity index (χ4v) is 3.96. The van der Waals surface area contributed by atoms with E-state index in [1.54, 1.807) is 6.92 Å². The zero-order chi connectivity index (χ0) is 17.1. The molecule has 0 spiro atoms. The van der Waals surface area contributed by atoms with E-state index in [-0.39, 0.29) is 5.91 Å². The summed E-state index contributed by atoms with van der Waals surface area (Å²) < 4.78 is 0. The molecule has 1 aliphatic heterocycles. The van der Waals surface area contributed by atoms with Crippen molar-refractivity contribution >= 4 is 34.1 Å². The number of rotatable bonds is 5. The van der Waals surface area contributed by atoms with E-state index in [0.717, 1.165) is 23.5 Å². The Hall–Kier alpha value is -1.93. The average molecular weight is 339 g/mol. The van der Waals surface area contributed by atoms with Gasteiger partial charge in [0.05, 0.1) is 5.56 Å². The molecular weight excluding hydrogens is 318 g/mol. The number of hydrogen-bond donors (Lipinski definition) is 3. The molecule has 1 aromatic rings. The van der Waals surface area contributed by atoms with Gasteiger partial charge in [-0.2, -0.15) is 0 Å². The van der Waals surface area contributed by atoms with E-state index in [1.807, 2.05) is 7.05 Å². The summed E-state index contributed by atoms with van der Waals surface area (Å²) in [6, 6.07) is -0.936. The first-order valence-corrected chi connectivity index (χ1v) is 8.29. The van der Waals surface area contributed by atoms with Crippen LogP contribution in [0.1, 0.15) is 41.1 Å². The van der Waals surface area contributed by atoms with Crippen LogP contribution < -0.4 is 10.6 Å². The van der Waals surface area contributed by atoms with Gasteiger partial charge in [-0.05, 0) is 25.5 Å². The predicted molar refractivity (Wildman–Crippen MR) is 87.8 cm³/mol. The predicted octanol–water partition coefficient (Wildman–Crippen LogP) is 1.29. The van der Waals surface area contributed by atoms with Crippen LogP contribution in [0.25, 0.3) is 0 Å². The highest BCUT2D eigenvalue weighted by Gasteiger charge is 2.29. The van der Waals surface area contributed by atoms with E-state index in [1.165, 1.54) is 18.3 Å². The van der Waals surface area contributed by atoms with Gasteiger partial charge in [0.15, 0.2) is 0 Å². The average Bonchev–Trinajstić information content (AvgIpc) is 2.80. The van der Waals surface area contributed by atoms with Crippen LogP contribution in [-0.4, -0.2) is 47.4 Å². The van der Waals surface area contributed by atoms with E-state index >= 15 is 0 Å². The zero-order valence-corrected chi connectivity index (χ0v) is 14.2. The van der Waals surface area contributed by atoms with Crippen LogP contribution >= 0.6 is 11.3 Å². The number of thiophene rings is 1. The molecule has 8 heteroatoms. The number of nitrogens with one attached hydrogen (secondary N) is 2. The molecule has 1 aliphatic rings. The van der Waals surface area contributed by atoms with Gasteiger partial charge in [-0.25, -0.2) is 4.79 Å². The number of amides is 2. The van der Waals surface area contributed by atoms with Crippen molar-refractivity contribution in [2.24, 2.45) is 0 Å². The first kappa shape index (κ1) is 17.4. The van der Waals surface area contributed by atoms with Crippen molar-refractivity contribution < 1.29 is 19.5 Å². The smallest absolute Gasteiger partial charge is 0.326 e. The van der Waals surface area contributed by atoms with Crippen LogP contribution in [0, 0.1) is 0 Å². The summed E-state index contributed by atoms with van der Waals surface area (Å²) >= 11 is 1.38. The third kappa shape index (κ3) is 3.89. The van der Waals surface area contributed by atoms with Gasteiger partial charge in [-0.15, -0.1) is 11.3 Å². The van der Waals surface area contributed by atoms with Gasteiger partial charge >= 0.3 is 5.97 Å². The summed E-state index contributed by atoms with van der Waals surface area (Å²) in [5.41, 5.74) is 1.32. The molecule has 0 bridgehead atoms. The number of likely N-dealkylation sites (N-methyl/N-ethyl adjacent to an activating group) is 1. The van der Waals surface area contributed by atoms with E-state index in [4.69, 9.17) is 5.11 Å². The van der Waals surface area contributed by atoms with Crippen LogP contribution in [0.3, 0.4) is 0 Å². The summed E-state index contributed by atoms with van der Waals surface area (Å²) in [5, 5.41) is 14.9. The molecule has 0 aromatic carbocycles. The molecule has 0 radical (unpaired) electrons. The topological polar surface area (TPSA) is 98.7 Å². The Kier molecular flexibility index (Phi) is 5.38. The lowest BCUT2D eigenvalue weighted by Crippen LogP contribution is -2.41. The van der Waals surface area contributed by atoms with Crippen LogP contribution in [-0.2, 0) is 22.6 Å². The molecule has 7 nitrogen and oxygen atoms in total. The molecule has 126 valence electrons. The van der Waals surface area contributed by atoms with E-state index in [9.17, 15) is 14.4 Å². The molecule has 2 rings (SSSR count). The number of nitrogens with zero attached hydrogens (tertiary/aromatic N) is 1. The van der Waals surface area contributed by atoms with E-state index in [0.29, 0.717) is 23.4 Å². The Balaban J connectivity index is 2.36. The lowest BCUT2D eigenvalue weighted by atomic mass is 10.0. The summed E-state index contributed by atoms with van der Waals surface area (Å²) in [5.74, 6) is -1.76. The minimum absolute atomic E-state index is 0.253. The van der Waals surface area contributed by atoms with Crippen molar-refractivity contribution in [1.29, 1.82) is 0 Å². The second-order valence-corrected chi connectivity index (χ2v) is 6.75. The maximum Gasteiger partial charge on any atom is 0.326 e. The second-order valence-electron chi connectivity index (χ2n) is 5.65. The van der Waals surface area contributed by atoms with Gasteiger partial charge in [0.1, 0.15) is 11.0 Å². The van der Waals surface area contributed by atoms with Gasteiger partial charge < -0.3 is 20.6 Å². The summed E-state index contributed by atoms with van der Waals surface area (Å²) in [7, 11) is 2.00. The van der Waals surface area contributed by atoms with Gasteiger partial charge in [0.25, 0.3) is 5.91 Å². The first-order chi connectivity index (χ1) is 10.8. The monoisotopic (exact) mass is 339 g/mol. The summed E-state index contributed by atoms with van der Waals surface area (Å²) in [6.45, 7) is 4.63. The molecule has 1 atom stereocenters. The Labute approximate surface area is 138 Å². The molecule has 2 amide bonds. The number of fused-ring (bicyclic) bond motifs is 1. The second kappa shape index (κ2) is 7.10. The minimum Gasteiger partial charge on any atom is -0.480 e. The highest BCUT2D eigenvalue weighted by molar-refractivity contribution is 7.17. The Morgan fingerprint density at radius 3 is 2.65 bits per heavy atom. The van der Waals surface area contributed by atoms with Crippen molar-refractivity contribution in [1.82, 2.24) is 10.2 Å². The fraction of sp³-hybridized carbons (Fsp3) is 0.533. The number of aliphatic carboxylic acids is 1. The quantitative estimate of drug-likeness (QED) is 0.751. The van der Waals surface area contributed by atoms with Crippen molar-refractivity contribution in [2.45, 2.75) is 39.3 Å². The Morgan fingerprint density at radius 2 is 2.09 bits per heavy atom. The SMILES string of the molecule is CCC(NC(=O)c1c(NC(C)=O)sc2c1CCN(C)C2)C(=O)O. The highest BCUT2D eigenvalue weighted by atomic mass is 32.1. The highest BCUT2D eigenvalue weighted by Crippen LogP contribution is 2.36. The van der Waals surface area contributed by atoms with Crippen LogP contribution in [0.2, 0.25) is 0 Å². The third-order valence-electron chi connectivity index (χ3n) is 3.78. The maximum absolute atomic E-state index is 12.6. The molecule has 1 unspecified atom stereocenters. The number of hydrogen-bond acceptors (Lipinski definition) is 5. The largest absolute Gasteiger partial charge is 0.480 e. The molecule has 0 fully saturated rings. The number of anilines is 1. The van der Waals surface area contributed by atoms with Crippen molar-refractivity contribution in [3.8, 4) is 0 Å². The van der Waals surface area contributed by atoms with Crippen LogP contribution in [0.15, 0.2) is 0 Å². The van der Waals surface area contributed by atoms with E-state index in [2.05, 4.69) is 15.5 Å². The molecule has 2 heterocycles. The molecule has 0 saturated carbocycles. The summed E-state index contributed by atoms with van der Waals surface area (Å²) in [4.78, 5) is 38.3. The lowest BCUT2D eigenvalue weighted by molar-refractivity contribution is -0.139. The molecular formula is C15H21N3O4S. The van der Waals surface area contributed by atoms with Gasteiger partial charge in [0, 0.05) is 24.9 Å². The number of carboxylic acids is 1. The minimum atomic E-state index is -1.06. The Bertz CT molecular complexity index is 641. The van der Waals surface area contributed by atoms with Gasteiger partial charge in [0.2, 0.25) is 5.91 Å². The van der Waals surface area contributed by atoms with Crippen molar-refractivity contribution in [3.63, 3.8) is 0 Å². The fourth-order valence-electron chi connectivity index (χ4n) is 2.59. The number of carboxylic acid groups (broad SMARTS) is 1. The van der Waals surface area contributed by atoms with Crippen LogP contribution in [0.5, 0.6) is 0 Å². The van der Waals surface area contributed by atoms with E-state index < -0.39 is 17.9 Å².